The van der Waals surface area contributed by atoms with Gasteiger partial charge in [0.2, 0.25) is 0 Å². The molecule has 0 aromatic heterocycles. The summed E-state index contributed by atoms with van der Waals surface area (Å²) >= 11 is 0. The molecule has 0 bridgehead atoms. The zero-order chi connectivity index (χ0) is 11.5. The fourth-order valence-corrected chi connectivity index (χ4v) is 1.74. The van der Waals surface area contributed by atoms with Gasteiger partial charge in [0.25, 0.3) is 0 Å². The van der Waals surface area contributed by atoms with E-state index in [1.165, 1.54) is 0 Å². The molecule has 3 heteroatoms. The molecule has 0 radical (unpaired) electrons. The highest BCUT2D eigenvalue weighted by molar-refractivity contribution is 5.44. The maximum absolute atomic E-state index is 6.00. The number of ether oxygens (including phenoxy) is 2. The Morgan fingerprint density at radius 1 is 1.31 bits per heavy atom. The van der Waals surface area contributed by atoms with E-state index in [-0.39, 0.29) is 6.04 Å². The first-order valence-corrected chi connectivity index (χ1v) is 5.85. The lowest BCUT2D eigenvalue weighted by Crippen LogP contribution is -2.12. The minimum atomic E-state index is 0.0783. The number of nitrogens with two attached hydrogens (primary N) is 1. The van der Waals surface area contributed by atoms with Crippen molar-refractivity contribution in [2.75, 3.05) is 13.2 Å². The molecule has 1 aliphatic heterocycles. The van der Waals surface area contributed by atoms with Crippen molar-refractivity contribution in [3.63, 3.8) is 0 Å². The zero-order valence-electron chi connectivity index (χ0n) is 9.90. The third-order valence-corrected chi connectivity index (χ3v) is 2.88. The van der Waals surface area contributed by atoms with E-state index in [1.54, 1.807) is 0 Å². The Bertz CT molecular complexity index is 365. The van der Waals surface area contributed by atoms with Crippen LogP contribution >= 0.6 is 0 Å². The largest absolute Gasteiger partial charge is 0.489 e. The second-order valence-corrected chi connectivity index (χ2v) is 4.45. The fourth-order valence-electron chi connectivity index (χ4n) is 1.74. The second kappa shape index (κ2) is 4.74. The second-order valence-electron chi connectivity index (χ2n) is 4.45. The molecule has 0 amide bonds. The van der Waals surface area contributed by atoms with Crippen LogP contribution < -0.4 is 15.2 Å². The van der Waals surface area contributed by atoms with Gasteiger partial charge < -0.3 is 15.2 Å². The molecule has 0 aliphatic carbocycles. The first-order valence-electron chi connectivity index (χ1n) is 5.85. The van der Waals surface area contributed by atoms with Gasteiger partial charge in [-0.1, -0.05) is 19.9 Å². The number of rotatable bonds is 2. The minimum Gasteiger partial charge on any atom is -0.489 e. The van der Waals surface area contributed by atoms with E-state index < -0.39 is 0 Å². The van der Waals surface area contributed by atoms with Crippen LogP contribution in [0.5, 0.6) is 11.5 Å². The van der Waals surface area contributed by atoms with Crippen molar-refractivity contribution in [1.29, 1.82) is 0 Å². The predicted octanol–water partition coefficient (Wildman–Crippen LogP) is 2.50. The van der Waals surface area contributed by atoms with Crippen LogP contribution in [0.3, 0.4) is 0 Å². The molecule has 16 heavy (non-hydrogen) atoms. The molecule has 0 saturated carbocycles. The van der Waals surface area contributed by atoms with Gasteiger partial charge in [0, 0.05) is 12.0 Å². The third kappa shape index (κ3) is 2.30. The van der Waals surface area contributed by atoms with Crippen molar-refractivity contribution in [2.24, 2.45) is 11.7 Å². The zero-order valence-corrected chi connectivity index (χ0v) is 9.90. The summed E-state index contributed by atoms with van der Waals surface area (Å²) in [5.41, 5.74) is 7.11. The van der Waals surface area contributed by atoms with Crippen molar-refractivity contribution in [1.82, 2.24) is 0 Å². The molecule has 2 atom stereocenters. The van der Waals surface area contributed by atoms with Gasteiger partial charge in [0.05, 0.1) is 13.2 Å². The Kier molecular flexibility index (Phi) is 3.34. The molecular weight excluding hydrogens is 202 g/mol. The highest BCUT2D eigenvalue weighted by Gasteiger charge is 2.16. The summed E-state index contributed by atoms with van der Waals surface area (Å²) in [6, 6.07) is 6.06. The Labute approximate surface area is 96.5 Å². The normalized spacial score (nSPS) is 21.3. The molecule has 2 unspecified atom stereocenters. The Morgan fingerprint density at radius 3 is 2.69 bits per heavy atom. The molecule has 1 aromatic rings. The molecule has 1 aliphatic rings. The molecule has 2 N–H and O–H groups in total. The van der Waals surface area contributed by atoms with E-state index in [0.717, 1.165) is 23.5 Å². The average Bonchev–Trinajstić information content (AvgIpc) is 2.50. The first kappa shape index (κ1) is 11.3. The Morgan fingerprint density at radius 2 is 2.00 bits per heavy atom. The monoisotopic (exact) mass is 221 g/mol. The quantitative estimate of drug-likeness (QED) is 0.834. The van der Waals surface area contributed by atoms with Crippen molar-refractivity contribution in [3.05, 3.63) is 23.8 Å². The number of hydrogen-bond donors (Lipinski definition) is 1. The molecule has 0 spiro atoms. The van der Waals surface area contributed by atoms with E-state index in [1.807, 2.05) is 18.2 Å². The maximum Gasteiger partial charge on any atom is 0.161 e. The summed E-state index contributed by atoms with van der Waals surface area (Å²) in [4.78, 5) is 0. The van der Waals surface area contributed by atoms with Crippen molar-refractivity contribution in [3.8, 4) is 11.5 Å². The number of benzene rings is 1. The lowest BCUT2D eigenvalue weighted by molar-refractivity contribution is 0.228. The smallest absolute Gasteiger partial charge is 0.161 e. The topological polar surface area (TPSA) is 44.5 Å². The van der Waals surface area contributed by atoms with Crippen LogP contribution in [-0.4, -0.2) is 13.2 Å². The van der Waals surface area contributed by atoms with E-state index in [4.69, 9.17) is 15.2 Å². The van der Waals surface area contributed by atoms with Crippen LogP contribution in [0.4, 0.5) is 0 Å². The van der Waals surface area contributed by atoms with Gasteiger partial charge >= 0.3 is 0 Å². The van der Waals surface area contributed by atoms with Gasteiger partial charge in [-0.05, 0) is 24.1 Å². The van der Waals surface area contributed by atoms with E-state index in [0.29, 0.717) is 19.1 Å². The van der Waals surface area contributed by atoms with Crippen molar-refractivity contribution in [2.45, 2.75) is 26.3 Å². The number of hydrogen-bond acceptors (Lipinski definition) is 3. The predicted molar refractivity (Wildman–Crippen MR) is 63.8 cm³/mol. The Balaban J connectivity index is 2.25. The Hall–Kier alpha value is -1.22. The highest BCUT2D eigenvalue weighted by Crippen LogP contribution is 2.33. The van der Waals surface area contributed by atoms with Gasteiger partial charge in [-0.2, -0.15) is 0 Å². The molecule has 0 fully saturated rings. The maximum atomic E-state index is 6.00. The van der Waals surface area contributed by atoms with E-state index in [2.05, 4.69) is 13.8 Å². The third-order valence-electron chi connectivity index (χ3n) is 2.88. The van der Waals surface area contributed by atoms with Gasteiger partial charge in [0.15, 0.2) is 11.5 Å². The molecule has 88 valence electrons. The molecule has 1 heterocycles. The molecular formula is C13H19NO2. The molecule has 3 nitrogen and oxygen atoms in total. The van der Waals surface area contributed by atoms with Crippen LogP contribution in [0.1, 0.15) is 31.9 Å². The van der Waals surface area contributed by atoms with Crippen LogP contribution in [0.25, 0.3) is 0 Å². The molecule has 1 aromatic carbocycles. The number of fused-ring (bicyclic) bond motifs is 1. The van der Waals surface area contributed by atoms with Crippen LogP contribution in [0, 0.1) is 5.92 Å². The van der Waals surface area contributed by atoms with E-state index in [9.17, 15) is 0 Å². The van der Waals surface area contributed by atoms with Crippen molar-refractivity contribution >= 4 is 0 Å². The highest BCUT2D eigenvalue weighted by atomic mass is 16.5. The SMILES string of the molecule is CCC(N)c1ccc2c(c1)OCC(C)CO2. The van der Waals surface area contributed by atoms with Gasteiger partial charge in [-0.25, -0.2) is 0 Å². The van der Waals surface area contributed by atoms with E-state index >= 15 is 0 Å². The standard InChI is InChI=1S/C13H19NO2/c1-3-11(14)10-4-5-12-13(6-10)16-8-9(2)7-15-12/h4-6,9,11H,3,7-8,14H2,1-2H3. The molecule has 2 rings (SSSR count). The van der Waals surface area contributed by atoms with Crippen LogP contribution in [0.2, 0.25) is 0 Å². The van der Waals surface area contributed by atoms with Crippen molar-refractivity contribution < 1.29 is 9.47 Å². The van der Waals surface area contributed by atoms with Crippen LogP contribution in [0.15, 0.2) is 18.2 Å². The summed E-state index contributed by atoms with van der Waals surface area (Å²) in [5, 5.41) is 0. The minimum absolute atomic E-state index is 0.0783. The lowest BCUT2D eigenvalue weighted by Gasteiger charge is -2.13. The van der Waals surface area contributed by atoms with Gasteiger partial charge in [-0.15, -0.1) is 0 Å². The summed E-state index contributed by atoms with van der Waals surface area (Å²) in [6.07, 6.45) is 0.927. The summed E-state index contributed by atoms with van der Waals surface area (Å²) in [7, 11) is 0. The summed E-state index contributed by atoms with van der Waals surface area (Å²) < 4.78 is 11.4. The van der Waals surface area contributed by atoms with Gasteiger partial charge in [-0.3, -0.25) is 0 Å². The lowest BCUT2D eigenvalue weighted by atomic mass is 10.1. The summed E-state index contributed by atoms with van der Waals surface area (Å²) in [6.45, 7) is 5.62. The summed E-state index contributed by atoms with van der Waals surface area (Å²) in [5.74, 6) is 2.08. The average molecular weight is 221 g/mol. The van der Waals surface area contributed by atoms with Crippen LogP contribution in [-0.2, 0) is 0 Å². The van der Waals surface area contributed by atoms with Gasteiger partial charge in [0.1, 0.15) is 0 Å². The molecule has 0 saturated heterocycles. The fraction of sp³-hybridized carbons (Fsp3) is 0.538. The first-order chi connectivity index (χ1) is 7.70.